The number of amides is 1. The van der Waals surface area contributed by atoms with E-state index in [2.05, 4.69) is 5.32 Å². The molecule has 0 atom stereocenters. The van der Waals surface area contributed by atoms with Crippen molar-refractivity contribution >= 4 is 44.6 Å². The van der Waals surface area contributed by atoms with Crippen LogP contribution in [0, 0.1) is 0 Å². The summed E-state index contributed by atoms with van der Waals surface area (Å²) in [5, 5.41) is 3.55. The predicted octanol–water partition coefficient (Wildman–Crippen LogP) is 3.97. The van der Waals surface area contributed by atoms with Crippen LogP contribution in [0.1, 0.15) is 12.5 Å². The molecule has 0 saturated heterocycles. The van der Waals surface area contributed by atoms with Crippen LogP contribution in [-0.4, -0.2) is 20.1 Å². The molecule has 0 aliphatic heterocycles. The molecule has 0 aliphatic rings. The smallest absolute Gasteiger partial charge is 0.228 e. The van der Waals surface area contributed by atoms with Crippen LogP contribution in [0.4, 0.5) is 5.69 Å². The molecule has 0 spiro atoms. The molecule has 23 heavy (non-hydrogen) atoms. The van der Waals surface area contributed by atoms with Gasteiger partial charge in [0, 0.05) is 15.7 Å². The number of anilines is 1. The number of benzene rings is 2. The van der Waals surface area contributed by atoms with Gasteiger partial charge in [0.1, 0.15) is 0 Å². The summed E-state index contributed by atoms with van der Waals surface area (Å²) in [6, 6.07) is 11.1. The van der Waals surface area contributed by atoms with Crippen molar-refractivity contribution in [1.29, 1.82) is 0 Å². The van der Waals surface area contributed by atoms with Crippen molar-refractivity contribution in [3.8, 4) is 0 Å². The lowest BCUT2D eigenvalue weighted by atomic mass is 10.1. The first-order valence-electron chi connectivity index (χ1n) is 6.89. The lowest BCUT2D eigenvalue weighted by Gasteiger charge is -2.09. The molecule has 0 fully saturated rings. The molecule has 1 N–H and O–H groups in total. The summed E-state index contributed by atoms with van der Waals surface area (Å²) in [7, 11) is -3.25. The Hall–Kier alpha value is -1.56. The van der Waals surface area contributed by atoms with E-state index in [1.165, 1.54) is 12.1 Å². The van der Waals surface area contributed by atoms with Crippen LogP contribution in [0.25, 0.3) is 0 Å². The minimum absolute atomic E-state index is 0.0315. The Labute approximate surface area is 145 Å². The lowest BCUT2D eigenvalue weighted by Crippen LogP contribution is -2.15. The van der Waals surface area contributed by atoms with Crippen molar-refractivity contribution in [1.82, 2.24) is 0 Å². The zero-order chi connectivity index (χ0) is 17.0. The number of carbonyl (C=O) groups is 1. The van der Waals surface area contributed by atoms with Crippen molar-refractivity contribution in [3.63, 3.8) is 0 Å². The Balaban J connectivity index is 2.09. The van der Waals surface area contributed by atoms with E-state index < -0.39 is 9.84 Å². The van der Waals surface area contributed by atoms with Crippen LogP contribution < -0.4 is 5.32 Å². The molecule has 0 radical (unpaired) electrons. The Morgan fingerprint density at radius 1 is 1.04 bits per heavy atom. The van der Waals surface area contributed by atoms with Crippen LogP contribution in [-0.2, 0) is 21.1 Å². The molecule has 4 nitrogen and oxygen atoms in total. The molecule has 0 aliphatic carbocycles. The van der Waals surface area contributed by atoms with Crippen molar-refractivity contribution in [3.05, 3.63) is 58.1 Å². The molecule has 0 bridgehead atoms. The molecule has 2 aromatic carbocycles. The Morgan fingerprint density at radius 2 is 1.61 bits per heavy atom. The maximum absolute atomic E-state index is 12.1. The SMILES string of the molecule is CCS(=O)(=O)c1ccc(NC(=O)Cc2c(Cl)cccc2Cl)cc1. The van der Waals surface area contributed by atoms with Crippen molar-refractivity contribution in [2.45, 2.75) is 18.2 Å². The van der Waals surface area contributed by atoms with Crippen molar-refractivity contribution < 1.29 is 13.2 Å². The number of halogens is 2. The van der Waals surface area contributed by atoms with Gasteiger partial charge in [-0.3, -0.25) is 4.79 Å². The monoisotopic (exact) mass is 371 g/mol. The summed E-state index contributed by atoms with van der Waals surface area (Å²) in [4.78, 5) is 12.3. The molecule has 0 heterocycles. The second-order valence-corrected chi connectivity index (χ2v) is 7.95. The summed E-state index contributed by atoms with van der Waals surface area (Å²) < 4.78 is 23.5. The van der Waals surface area contributed by atoms with E-state index in [1.54, 1.807) is 37.3 Å². The zero-order valence-corrected chi connectivity index (χ0v) is 14.7. The molecule has 1 amide bonds. The topological polar surface area (TPSA) is 63.2 Å². The molecule has 2 rings (SSSR count). The molecule has 122 valence electrons. The van der Waals surface area contributed by atoms with Crippen LogP contribution >= 0.6 is 23.2 Å². The zero-order valence-electron chi connectivity index (χ0n) is 12.3. The summed E-state index contributed by atoms with van der Waals surface area (Å²) in [6.45, 7) is 1.58. The minimum atomic E-state index is -3.25. The molecular formula is C16H15Cl2NO3S. The molecule has 0 aromatic heterocycles. The highest BCUT2D eigenvalue weighted by Gasteiger charge is 2.13. The highest BCUT2D eigenvalue weighted by molar-refractivity contribution is 7.91. The number of nitrogens with one attached hydrogen (secondary N) is 1. The first kappa shape index (κ1) is 17.8. The van der Waals surface area contributed by atoms with E-state index in [-0.39, 0.29) is 23.0 Å². The normalized spacial score (nSPS) is 11.3. The Morgan fingerprint density at radius 3 is 2.13 bits per heavy atom. The largest absolute Gasteiger partial charge is 0.326 e. The first-order valence-corrected chi connectivity index (χ1v) is 9.30. The maximum atomic E-state index is 12.1. The number of rotatable bonds is 5. The highest BCUT2D eigenvalue weighted by Crippen LogP contribution is 2.25. The third-order valence-electron chi connectivity index (χ3n) is 3.28. The van der Waals surface area contributed by atoms with Crippen LogP contribution in [0.2, 0.25) is 10.0 Å². The lowest BCUT2D eigenvalue weighted by molar-refractivity contribution is -0.115. The summed E-state index contributed by atoms with van der Waals surface area (Å²) in [5.41, 5.74) is 1.06. The average Bonchev–Trinajstić information content (AvgIpc) is 2.51. The van der Waals surface area contributed by atoms with Crippen LogP contribution in [0.15, 0.2) is 47.4 Å². The Bertz CT molecular complexity index is 797. The second-order valence-electron chi connectivity index (χ2n) is 4.85. The van der Waals surface area contributed by atoms with E-state index in [9.17, 15) is 13.2 Å². The van der Waals surface area contributed by atoms with Gasteiger partial charge in [0.2, 0.25) is 5.91 Å². The van der Waals surface area contributed by atoms with Gasteiger partial charge in [-0.1, -0.05) is 36.2 Å². The first-order chi connectivity index (χ1) is 10.8. The van der Waals surface area contributed by atoms with E-state index in [1.807, 2.05) is 0 Å². The van der Waals surface area contributed by atoms with E-state index in [4.69, 9.17) is 23.2 Å². The fourth-order valence-electron chi connectivity index (χ4n) is 1.98. The highest BCUT2D eigenvalue weighted by atomic mass is 35.5. The molecule has 0 unspecified atom stereocenters. The number of hydrogen-bond acceptors (Lipinski definition) is 3. The number of carbonyl (C=O) groups excluding carboxylic acids is 1. The van der Waals surface area contributed by atoms with Gasteiger partial charge in [0.15, 0.2) is 9.84 Å². The van der Waals surface area contributed by atoms with Gasteiger partial charge in [-0.15, -0.1) is 0 Å². The van der Waals surface area contributed by atoms with E-state index >= 15 is 0 Å². The van der Waals surface area contributed by atoms with Crippen molar-refractivity contribution in [2.75, 3.05) is 11.1 Å². The van der Waals surface area contributed by atoms with Gasteiger partial charge < -0.3 is 5.32 Å². The quantitative estimate of drug-likeness (QED) is 0.864. The number of sulfone groups is 1. The standard InChI is InChI=1S/C16H15Cl2NO3S/c1-2-23(21,22)12-8-6-11(7-9-12)19-16(20)10-13-14(17)4-3-5-15(13)18/h3-9H,2,10H2,1H3,(H,19,20). The van der Waals surface area contributed by atoms with Crippen LogP contribution in [0.3, 0.4) is 0 Å². The van der Waals surface area contributed by atoms with Gasteiger partial charge in [0.25, 0.3) is 0 Å². The Kier molecular flexibility index (Phi) is 5.68. The molecule has 7 heteroatoms. The molecular weight excluding hydrogens is 357 g/mol. The van der Waals surface area contributed by atoms with Gasteiger partial charge in [0.05, 0.1) is 17.1 Å². The summed E-state index contributed by atoms with van der Waals surface area (Å²) >= 11 is 12.1. The predicted molar refractivity (Wildman–Crippen MR) is 93.0 cm³/mol. The van der Waals surface area contributed by atoms with Gasteiger partial charge in [-0.05, 0) is 42.0 Å². The van der Waals surface area contributed by atoms with Gasteiger partial charge in [-0.2, -0.15) is 0 Å². The fraction of sp³-hybridized carbons (Fsp3) is 0.188. The van der Waals surface area contributed by atoms with E-state index in [0.29, 0.717) is 21.3 Å². The third-order valence-corrected chi connectivity index (χ3v) is 5.73. The minimum Gasteiger partial charge on any atom is -0.326 e. The third kappa shape index (κ3) is 4.47. The van der Waals surface area contributed by atoms with Gasteiger partial charge in [-0.25, -0.2) is 8.42 Å². The van der Waals surface area contributed by atoms with E-state index in [0.717, 1.165) is 0 Å². The van der Waals surface area contributed by atoms with Crippen molar-refractivity contribution in [2.24, 2.45) is 0 Å². The van der Waals surface area contributed by atoms with Gasteiger partial charge >= 0.3 is 0 Å². The molecule has 0 saturated carbocycles. The molecule has 2 aromatic rings. The summed E-state index contributed by atoms with van der Waals surface area (Å²) in [6.07, 6.45) is 0.0352. The second kappa shape index (κ2) is 7.34. The number of hydrogen-bond donors (Lipinski definition) is 1. The summed E-state index contributed by atoms with van der Waals surface area (Å²) in [5.74, 6) is -0.255. The fourth-order valence-corrected chi connectivity index (χ4v) is 3.39. The van der Waals surface area contributed by atoms with Crippen LogP contribution in [0.5, 0.6) is 0 Å². The maximum Gasteiger partial charge on any atom is 0.228 e. The average molecular weight is 372 g/mol.